The van der Waals surface area contributed by atoms with Gasteiger partial charge in [-0.3, -0.25) is 14.6 Å². The van der Waals surface area contributed by atoms with E-state index in [1.807, 2.05) is 45.0 Å². The smallest absolute Gasteiger partial charge is 0.271 e. The highest BCUT2D eigenvalue weighted by Crippen LogP contribution is 2.18. The van der Waals surface area contributed by atoms with Gasteiger partial charge in [0, 0.05) is 29.1 Å². The van der Waals surface area contributed by atoms with Crippen LogP contribution in [0.15, 0.2) is 53.9 Å². The molecule has 2 aromatic rings. The van der Waals surface area contributed by atoms with Crippen molar-refractivity contribution in [3.8, 4) is 0 Å². The number of carbonyl (C=O) groups excluding carboxylic acids is 2. The van der Waals surface area contributed by atoms with Crippen molar-refractivity contribution in [3.05, 3.63) is 59.9 Å². The Balaban J connectivity index is 2.01. The molecule has 2 rings (SSSR count). The van der Waals surface area contributed by atoms with Crippen LogP contribution in [0.2, 0.25) is 0 Å². The van der Waals surface area contributed by atoms with Crippen molar-refractivity contribution in [2.75, 3.05) is 5.32 Å². The molecule has 130 valence electrons. The van der Waals surface area contributed by atoms with E-state index in [1.165, 1.54) is 0 Å². The summed E-state index contributed by atoms with van der Waals surface area (Å²) in [7, 11) is 0. The Morgan fingerprint density at radius 2 is 1.56 bits per heavy atom. The van der Waals surface area contributed by atoms with Gasteiger partial charge in [-0.1, -0.05) is 32.9 Å². The van der Waals surface area contributed by atoms with Crippen LogP contribution >= 0.6 is 0 Å². The predicted molar refractivity (Wildman–Crippen MR) is 98.4 cm³/mol. The molecule has 0 aliphatic rings. The van der Waals surface area contributed by atoms with E-state index in [2.05, 4.69) is 20.8 Å². The summed E-state index contributed by atoms with van der Waals surface area (Å²) in [6.07, 6.45) is 3.10. The molecule has 0 bridgehead atoms. The Kier molecular flexibility index (Phi) is 5.64. The van der Waals surface area contributed by atoms with E-state index in [0.717, 1.165) is 11.3 Å². The summed E-state index contributed by atoms with van der Waals surface area (Å²) in [4.78, 5) is 27.8. The van der Waals surface area contributed by atoms with Crippen molar-refractivity contribution >= 4 is 23.2 Å². The van der Waals surface area contributed by atoms with Crippen LogP contribution in [0.25, 0.3) is 0 Å². The van der Waals surface area contributed by atoms with Gasteiger partial charge in [0.1, 0.15) is 0 Å². The summed E-state index contributed by atoms with van der Waals surface area (Å²) in [5, 5.41) is 6.98. The van der Waals surface area contributed by atoms with Crippen molar-refractivity contribution in [2.24, 2.45) is 10.5 Å². The summed E-state index contributed by atoms with van der Waals surface area (Å²) >= 11 is 0. The molecule has 0 atom stereocenters. The maximum atomic E-state index is 12.0. The number of anilines is 1. The number of carbonyl (C=O) groups is 2. The molecule has 0 radical (unpaired) electrons. The van der Waals surface area contributed by atoms with Crippen LogP contribution in [0, 0.1) is 5.41 Å². The molecule has 0 saturated heterocycles. The minimum atomic E-state index is -0.451. The molecule has 2 amide bonds. The fraction of sp³-hybridized carbons (Fsp3) is 0.263. The van der Waals surface area contributed by atoms with Crippen molar-refractivity contribution in [1.82, 2.24) is 10.4 Å². The van der Waals surface area contributed by atoms with Crippen molar-refractivity contribution in [1.29, 1.82) is 0 Å². The summed E-state index contributed by atoms with van der Waals surface area (Å²) in [5.74, 6) is -0.342. The molecule has 6 heteroatoms. The van der Waals surface area contributed by atoms with Crippen LogP contribution in [-0.4, -0.2) is 22.5 Å². The average Bonchev–Trinajstić information content (AvgIpc) is 2.60. The molecule has 0 saturated carbocycles. The first-order chi connectivity index (χ1) is 11.8. The van der Waals surface area contributed by atoms with Gasteiger partial charge in [0.25, 0.3) is 5.91 Å². The molecule has 0 fully saturated rings. The first kappa shape index (κ1) is 18.3. The lowest BCUT2D eigenvalue weighted by Gasteiger charge is -2.17. The number of aromatic nitrogens is 1. The average molecular weight is 338 g/mol. The zero-order valence-corrected chi connectivity index (χ0v) is 14.8. The third-order valence-corrected chi connectivity index (χ3v) is 3.51. The number of nitrogens with zero attached hydrogens (tertiary/aromatic N) is 2. The lowest BCUT2D eigenvalue weighted by atomic mass is 9.95. The molecule has 1 heterocycles. The molecular formula is C19H22N4O2. The van der Waals surface area contributed by atoms with Crippen molar-refractivity contribution < 1.29 is 9.59 Å². The molecule has 25 heavy (non-hydrogen) atoms. The van der Waals surface area contributed by atoms with Gasteiger partial charge in [0.15, 0.2) is 0 Å². The third kappa shape index (κ3) is 5.24. The zero-order chi connectivity index (χ0) is 18.4. The van der Waals surface area contributed by atoms with Gasteiger partial charge >= 0.3 is 0 Å². The van der Waals surface area contributed by atoms with Gasteiger partial charge < -0.3 is 5.32 Å². The van der Waals surface area contributed by atoms with Gasteiger partial charge in [-0.25, -0.2) is 5.43 Å². The van der Waals surface area contributed by atoms with Gasteiger partial charge in [0.2, 0.25) is 5.91 Å². The molecule has 0 unspecified atom stereocenters. The highest BCUT2D eigenvalue weighted by Gasteiger charge is 2.21. The van der Waals surface area contributed by atoms with E-state index in [4.69, 9.17) is 0 Å². The Hall–Kier alpha value is -3.02. The van der Waals surface area contributed by atoms with E-state index in [-0.39, 0.29) is 11.8 Å². The van der Waals surface area contributed by atoms with Gasteiger partial charge in [-0.2, -0.15) is 5.10 Å². The maximum absolute atomic E-state index is 12.0. The maximum Gasteiger partial charge on any atom is 0.271 e. The number of hydrazone groups is 1. The number of pyridine rings is 1. The number of benzene rings is 1. The molecule has 2 N–H and O–H groups in total. The summed E-state index contributed by atoms with van der Waals surface area (Å²) in [5.41, 5.74) is 4.79. The molecular weight excluding hydrogens is 316 g/mol. The lowest BCUT2D eigenvalue weighted by Crippen LogP contribution is -2.27. The topological polar surface area (TPSA) is 83.4 Å². The van der Waals surface area contributed by atoms with Crippen molar-refractivity contribution in [3.63, 3.8) is 0 Å². The highest BCUT2D eigenvalue weighted by atomic mass is 16.2. The summed E-state index contributed by atoms with van der Waals surface area (Å²) in [6, 6.07) is 10.5. The van der Waals surface area contributed by atoms with Crippen LogP contribution in [0.4, 0.5) is 5.69 Å². The standard InChI is InChI=1S/C19H22N4O2/c1-13(22-23-17(24)15-9-11-20-12-10-15)14-5-7-16(8-6-14)21-18(25)19(2,3)4/h5-12H,1-4H3,(H,21,25)(H,23,24). The minimum Gasteiger partial charge on any atom is -0.326 e. The molecule has 0 aliphatic heterocycles. The first-order valence-electron chi connectivity index (χ1n) is 7.94. The molecule has 1 aromatic heterocycles. The number of hydrogen-bond acceptors (Lipinski definition) is 4. The van der Waals surface area contributed by atoms with Crippen molar-refractivity contribution in [2.45, 2.75) is 27.7 Å². The Labute approximate surface area is 147 Å². The molecule has 0 spiro atoms. The summed E-state index contributed by atoms with van der Waals surface area (Å²) < 4.78 is 0. The van der Waals surface area contributed by atoms with Gasteiger partial charge in [-0.05, 0) is 36.8 Å². The minimum absolute atomic E-state index is 0.0461. The van der Waals surface area contributed by atoms with E-state index in [0.29, 0.717) is 11.3 Å². The van der Waals surface area contributed by atoms with Crippen LogP contribution in [0.5, 0.6) is 0 Å². The molecule has 1 aromatic carbocycles. The SMILES string of the molecule is CC(=NNC(=O)c1ccncc1)c1ccc(NC(=O)C(C)(C)C)cc1. The second-order valence-corrected chi connectivity index (χ2v) is 6.66. The van der Waals surface area contributed by atoms with Crippen LogP contribution < -0.4 is 10.7 Å². The third-order valence-electron chi connectivity index (χ3n) is 3.51. The second kappa shape index (κ2) is 7.70. The molecule has 6 nitrogen and oxygen atoms in total. The highest BCUT2D eigenvalue weighted by molar-refractivity contribution is 6.01. The summed E-state index contributed by atoms with van der Waals surface area (Å²) in [6.45, 7) is 7.38. The molecule has 0 aliphatic carbocycles. The lowest BCUT2D eigenvalue weighted by molar-refractivity contribution is -0.123. The van der Waals surface area contributed by atoms with Crippen LogP contribution in [-0.2, 0) is 4.79 Å². The number of nitrogens with one attached hydrogen (secondary N) is 2. The van der Waals surface area contributed by atoms with Gasteiger partial charge in [0.05, 0.1) is 5.71 Å². The fourth-order valence-corrected chi connectivity index (χ4v) is 1.88. The van der Waals surface area contributed by atoms with Crippen LogP contribution in [0.1, 0.15) is 43.6 Å². The first-order valence-corrected chi connectivity index (χ1v) is 7.94. The quantitative estimate of drug-likeness (QED) is 0.663. The largest absolute Gasteiger partial charge is 0.326 e. The Bertz CT molecular complexity index is 775. The Morgan fingerprint density at radius 1 is 0.960 bits per heavy atom. The van der Waals surface area contributed by atoms with Gasteiger partial charge in [-0.15, -0.1) is 0 Å². The normalized spacial score (nSPS) is 11.8. The van der Waals surface area contributed by atoms with E-state index in [9.17, 15) is 9.59 Å². The predicted octanol–water partition coefficient (Wildman–Crippen LogP) is 3.22. The fourth-order valence-electron chi connectivity index (χ4n) is 1.88. The monoisotopic (exact) mass is 338 g/mol. The van der Waals surface area contributed by atoms with E-state index < -0.39 is 5.41 Å². The van der Waals surface area contributed by atoms with Crippen LogP contribution in [0.3, 0.4) is 0 Å². The Morgan fingerprint density at radius 3 is 2.12 bits per heavy atom. The zero-order valence-electron chi connectivity index (χ0n) is 14.8. The number of hydrogen-bond donors (Lipinski definition) is 2. The number of rotatable bonds is 4. The number of amides is 2. The van der Waals surface area contributed by atoms with E-state index >= 15 is 0 Å². The van der Waals surface area contributed by atoms with E-state index in [1.54, 1.807) is 31.5 Å². The second-order valence-electron chi connectivity index (χ2n) is 6.66.